The molecule has 2 saturated heterocycles. The molecule has 0 bridgehead atoms. The number of nitrogens with zero attached hydrogens (tertiary/aromatic N) is 3. The number of hydrogen-bond donors (Lipinski definition) is 8. The van der Waals surface area contributed by atoms with Crippen molar-refractivity contribution < 1.29 is 48.0 Å². The lowest BCUT2D eigenvalue weighted by atomic mass is 10.0. The number of amides is 7. The van der Waals surface area contributed by atoms with E-state index in [4.69, 9.17) is 5.73 Å². The third-order valence-corrected chi connectivity index (χ3v) is 13.2. The molecule has 2 fully saturated rings. The van der Waals surface area contributed by atoms with E-state index in [1.165, 1.54) is 26.5 Å². The SMILES string of the molecule is NC(=O)C1CSSCCC(=O)NC(CCCC[n+]2ccn3ccccc32)C(=O)NCC(=O)NC(CC(=O)O)C(=O)NC(Cc2c[nH]c3ccccc23)C(=O)N2CCCC2C(=O)N1. The van der Waals surface area contributed by atoms with Crippen molar-refractivity contribution in [2.24, 2.45) is 5.73 Å². The Morgan fingerprint density at radius 3 is 2.45 bits per heavy atom. The molecule has 1 aromatic carbocycles. The van der Waals surface area contributed by atoms with Crippen molar-refractivity contribution in [1.29, 1.82) is 0 Å². The maximum absolute atomic E-state index is 14.4. The fourth-order valence-corrected chi connectivity index (χ4v) is 9.76. The third kappa shape index (κ3) is 12.1. The van der Waals surface area contributed by atoms with Gasteiger partial charge in [0.2, 0.25) is 41.4 Å². The minimum atomic E-state index is -1.67. The number of carbonyl (C=O) groups excluding carboxylic acids is 7. The Bertz CT molecular complexity index is 2300. The standard InChI is InChI=1S/C41H50N10O9S2/c42-37(56)31-24-62-61-19-13-33(52)45-28(10-3-5-14-49-17-18-50-15-6-4-12-35(49)50)38(57)44-23-34(53)46-29(21-36(54)55)39(58)47-30(20-25-22-43-27-9-2-1-8-26(25)27)41(60)51-16-7-11-32(51)40(59)48-31/h1-2,4,6,8-9,12,15,17-18,22,28-32,43H,3,5,7,10-11,13-14,16,19-21,23-24H2,(H7-,42,44,45,46,47,48,52,53,54,55,56,57,58,59)/p+1. The van der Waals surface area contributed by atoms with E-state index in [1.54, 1.807) is 6.20 Å². The molecule has 7 amide bonds. The molecule has 4 aromatic rings. The summed E-state index contributed by atoms with van der Waals surface area (Å²) >= 11 is 0. The number of nitrogens with one attached hydrogen (secondary N) is 6. The first-order valence-corrected chi connectivity index (χ1v) is 22.9. The van der Waals surface area contributed by atoms with E-state index in [0.717, 1.165) is 16.6 Å². The molecule has 5 heterocycles. The smallest absolute Gasteiger partial charge is 0.305 e. The van der Waals surface area contributed by atoms with Gasteiger partial charge in [0.15, 0.2) is 0 Å². The number of nitrogens with two attached hydrogens (primary N) is 1. The average molecular weight is 892 g/mol. The molecular formula is C41H51N10O9S2+. The van der Waals surface area contributed by atoms with Gasteiger partial charge < -0.3 is 47.3 Å². The second kappa shape index (κ2) is 21.6. The third-order valence-electron chi connectivity index (χ3n) is 10.8. The Morgan fingerprint density at radius 2 is 1.65 bits per heavy atom. The number of H-pyrrole nitrogens is 1. The van der Waals surface area contributed by atoms with Crippen LogP contribution in [-0.2, 0) is 51.3 Å². The number of benzene rings is 1. The average Bonchev–Trinajstić information content (AvgIpc) is 4.01. The van der Waals surface area contributed by atoms with Crippen molar-refractivity contribution in [3.8, 4) is 0 Å². The summed E-state index contributed by atoms with van der Waals surface area (Å²) in [6, 6.07) is 7.03. The van der Waals surface area contributed by atoms with Crippen molar-refractivity contribution in [2.75, 3.05) is 24.6 Å². The molecule has 0 aliphatic carbocycles. The molecule has 0 radical (unpaired) electrons. The van der Waals surface area contributed by atoms with Crippen LogP contribution in [0, 0.1) is 0 Å². The Balaban J connectivity index is 1.21. The minimum absolute atomic E-state index is 0.00690. The van der Waals surface area contributed by atoms with E-state index >= 15 is 0 Å². The van der Waals surface area contributed by atoms with Crippen LogP contribution in [0.15, 0.2) is 67.3 Å². The number of aliphatic carboxylic acids is 1. The molecule has 2 aliphatic rings. The highest BCUT2D eigenvalue weighted by Gasteiger charge is 2.40. The molecule has 330 valence electrons. The van der Waals surface area contributed by atoms with Crippen molar-refractivity contribution in [2.45, 2.75) is 88.1 Å². The summed E-state index contributed by atoms with van der Waals surface area (Å²) in [6.45, 7) is 0.160. The number of aromatic amines is 1. The van der Waals surface area contributed by atoms with E-state index in [1.807, 2.05) is 65.5 Å². The van der Waals surface area contributed by atoms with Gasteiger partial charge >= 0.3 is 5.97 Å². The quantitative estimate of drug-likeness (QED) is 0.0593. The van der Waals surface area contributed by atoms with Crippen molar-refractivity contribution >= 4 is 85.5 Å². The first-order chi connectivity index (χ1) is 29.9. The largest absolute Gasteiger partial charge is 0.481 e. The molecule has 3 aromatic heterocycles. The zero-order valence-electron chi connectivity index (χ0n) is 33.9. The zero-order valence-corrected chi connectivity index (χ0v) is 35.5. The first kappa shape index (κ1) is 45.4. The summed E-state index contributed by atoms with van der Waals surface area (Å²) in [4.78, 5) is 111. The van der Waals surface area contributed by atoms with Crippen molar-refractivity contribution in [1.82, 2.24) is 40.9 Å². The highest BCUT2D eigenvalue weighted by molar-refractivity contribution is 8.76. The monoisotopic (exact) mass is 891 g/mol. The van der Waals surface area contributed by atoms with Crippen LogP contribution < -0.4 is 36.9 Å². The van der Waals surface area contributed by atoms with E-state index in [-0.39, 0.29) is 38.0 Å². The maximum atomic E-state index is 14.4. The van der Waals surface area contributed by atoms with Gasteiger partial charge in [-0.05, 0) is 49.8 Å². The van der Waals surface area contributed by atoms with Gasteiger partial charge in [-0.15, -0.1) is 0 Å². The number of rotatable bonds is 10. The second-order valence-corrected chi connectivity index (χ2v) is 17.8. The number of pyridine rings is 1. The lowest BCUT2D eigenvalue weighted by molar-refractivity contribution is -0.671. The Labute approximate surface area is 364 Å². The minimum Gasteiger partial charge on any atom is -0.481 e. The normalized spacial score (nSPS) is 22.9. The zero-order chi connectivity index (χ0) is 44.2. The van der Waals surface area contributed by atoms with E-state index in [0.29, 0.717) is 37.1 Å². The number of imidazole rings is 1. The summed E-state index contributed by atoms with van der Waals surface area (Å²) in [5, 5.41) is 23.5. The number of unbranched alkanes of at least 4 members (excludes halogenated alkanes) is 1. The molecule has 2 aliphatic heterocycles. The van der Waals surface area contributed by atoms with Gasteiger partial charge in [0.05, 0.1) is 25.7 Å². The van der Waals surface area contributed by atoms with Crippen LogP contribution >= 0.6 is 21.6 Å². The second-order valence-electron chi connectivity index (χ2n) is 15.1. The Kier molecular flexibility index (Phi) is 15.8. The molecule has 0 saturated carbocycles. The molecule has 62 heavy (non-hydrogen) atoms. The van der Waals surface area contributed by atoms with Crippen molar-refractivity contribution in [3.63, 3.8) is 0 Å². The summed E-state index contributed by atoms with van der Waals surface area (Å²) in [6.07, 6.45) is 8.74. The summed E-state index contributed by atoms with van der Waals surface area (Å²) in [5.41, 5.74) is 8.08. The highest BCUT2D eigenvalue weighted by atomic mass is 33.1. The van der Waals surface area contributed by atoms with Crippen LogP contribution in [-0.4, -0.2) is 122 Å². The number of carboxylic acid groups (broad SMARTS) is 1. The molecule has 0 spiro atoms. The Morgan fingerprint density at radius 1 is 0.855 bits per heavy atom. The highest BCUT2D eigenvalue weighted by Crippen LogP contribution is 2.25. The molecule has 19 nitrogen and oxygen atoms in total. The fourth-order valence-electron chi connectivity index (χ4n) is 7.59. The number of primary amides is 1. The summed E-state index contributed by atoms with van der Waals surface area (Å²) in [7, 11) is 2.50. The van der Waals surface area contributed by atoms with Gasteiger partial charge in [-0.2, -0.15) is 0 Å². The van der Waals surface area contributed by atoms with Crippen molar-refractivity contribution in [3.05, 3.63) is 72.8 Å². The first-order valence-electron chi connectivity index (χ1n) is 20.4. The topological polar surface area (TPSA) is 270 Å². The summed E-state index contributed by atoms with van der Waals surface area (Å²) < 4.78 is 4.05. The van der Waals surface area contributed by atoms with Gasteiger partial charge in [0.25, 0.3) is 5.65 Å². The molecule has 9 N–H and O–H groups in total. The maximum Gasteiger partial charge on any atom is 0.305 e. The molecule has 5 unspecified atom stereocenters. The number of para-hydroxylation sites is 1. The number of carboxylic acids is 1. The molecule has 5 atom stereocenters. The number of hydrogen-bond acceptors (Lipinski definition) is 10. The molecule has 21 heteroatoms. The van der Waals surface area contributed by atoms with Gasteiger partial charge in [-0.25, -0.2) is 8.97 Å². The van der Waals surface area contributed by atoms with Crippen LogP contribution in [0.5, 0.6) is 0 Å². The fraction of sp³-hybridized carbons (Fsp3) is 0.439. The van der Waals surface area contributed by atoms with E-state index in [9.17, 15) is 43.5 Å². The van der Waals surface area contributed by atoms with Crippen LogP contribution in [0.1, 0.15) is 50.5 Å². The number of aromatic nitrogens is 3. The van der Waals surface area contributed by atoms with Crippen LogP contribution in [0.3, 0.4) is 0 Å². The molecule has 6 rings (SSSR count). The van der Waals surface area contributed by atoms with Crippen LogP contribution in [0.25, 0.3) is 16.6 Å². The summed E-state index contributed by atoms with van der Waals surface area (Å²) in [5.74, 6) is -6.04. The lowest BCUT2D eigenvalue weighted by Gasteiger charge is -2.30. The van der Waals surface area contributed by atoms with Crippen LogP contribution in [0.2, 0.25) is 0 Å². The Hall–Kier alpha value is -6.09. The van der Waals surface area contributed by atoms with Gasteiger partial charge in [-0.3, -0.25) is 38.4 Å². The van der Waals surface area contributed by atoms with E-state index in [2.05, 4.69) is 36.1 Å². The van der Waals surface area contributed by atoms with Gasteiger partial charge in [-0.1, -0.05) is 45.9 Å². The predicted molar refractivity (Wildman–Crippen MR) is 230 cm³/mol. The van der Waals surface area contributed by atoms with Crippen LogP contribution in [0.4, 0.5) is 0 Å². The predicted octanol–water partition coefficient (Wildman–Crippen LogP) is -0.0874. The number of aryl methyl sites for hydroxylation is 1. The van der Waals surface area contributed by atoms with Gasteiger partial charge in [0.1, 0.15) is 42.6 Å². The number of fused-ring (bicyclic) bond motifs is 3. The molecular weight excluding hydrogens is 841 g/mol. The lowest BCUT2D eigenvalue weighted by Crippen LogP contribution is -2.59. The number of carbonyl (C=O) groups is 8. The van der Waals surface area contributed by atoms with E-state index < -0.39 is 90.5 Å². The van der Waals surface area contributed by atoms with Gasteiger partial charge in [0, 0.05) is 54.1 Å².